The van der Waals surface area contributed by atoms with Crippen molar-refractivity contribution < 1.29 is 0 Å². The van der Waals surface area contributed by atoms with Crippen molar-refractivity contribution in [2.24, 2.45) is 0 Å². The van der Waals surface area contributed by atoms with E-state index in [9.17, 15) is 5.26 Å². The van der Waals surface area contributed by atoms with Gasteiger partial charge in [0.15, 0.2) is 0 Å². The van der Waals surface area contributed by atoms with Crippen LogP contribution in [0.2, 0.25) is 0 Å². The van der Waals surface area contributed by atoms with Crippen molar-refractivity contribution in [2.45, 2.75) is 66.0 Å². The van der Waals surface area contributed by atoms with Crippen LogP contribution in [0.15, 0.2) is 0 Å². The SMILES string of the molecule is CCCNC(C)(C#N)CCCn1nc(C)c(C)c1C. The van der Waals surface area contributed by atoms with Crippen LogP contribution in [0.5, 0.6) is 0 Å². The van der Waals surface area contributed by atoms with Crippen LogP contribution in [0, 0.1) is 32.1 Å². The monoisotopic (exact) mass is 262 g/mol. The zero-order chi connectivity index (χ0) is 14.5. The van der Waals surface area contributed by atoms with E-state index in [0.29, 0.717) is 0 Å². The Morgan fingerprint density at radius 1 is 1.37 bits per heavy atom. The highest BCUT2D eigenvalue weighted by atomic mass is 15.3. The molecule has 0 fully saturated rings. The Hall–Kier alpha value is -1.34. The van der Waals surface area contributed by atoms with E-state index >= 15 is 0 Å². The maximum atomic E-state index is 9.28. The van der Waals surface area contributed by atoms with Gasteiger partial charge in [-0.15, -0.1) is 0 Å². The van der Waals surface area contributed by atoms with E-state index in [1.54, 1.807) is 0 Å². The summed E-state index contributed by atoms with van der Waals surface area (Å²) in [6.07, 6.45) is 2.86. The first-order valence-corrected chi connectivity index (χ1v) is 7.10. The molecular formula is C15H26N4. The summed E-state index contributed by atoms with van der Waals surface area (Å²) in [6, 6.07) is 2.39. The summed E-state index contributed by atoms with van der Waals surface area (Å²) in [7, 11) is 0. The Balaban J connectivity index is 2.53. The Labute approximate surface area is 116 Å². The quantitative estimate of drug-likeness (QED) is 0.822. The first-order valence-electron chi connectivity index (χ1n) is 7.10. The van der Waals surface area contributed by atoms with Crippen molar-refractivity contribution in [3.63, 3.8) is 0 Å². The van der Waals surface area contributed by atoms with Crippen LogP contribution >= 0.6 is 0 Å². The lowest BCUT2D eigenvalue weighted by Crippen LogP contribution is -2.41. The number of nitrogens with one attached hydrogen (secondary N) is 1. The maximum absolute atomic E-state index is 9.28. The average molecular weight is 262 g/mol. The number of hydrogen-bond acceptors (Lipinski definition) is 3. The molecule has 106 valence electrons. The van der Waals surface area contributed by atoms with Gasteiger partial charge in [0, 0.05) is 12.2 Å². The molecule has 0 aromatic carbocycles. The van der Waals surface area contributed by atoms with Crippen LogP contribution in [0.4, 0.5) is 0 Å². The lowest BCUT2D eigenvalue weighted by atomic mass is 9.97. The summed E-state index contributed by atoms with van der Waals surface area (Å²) in [5, 5.41) is 17.1. The van der Waals surface area contributed by atoms with Crippen molar-refractivity contribution in [1.29, 1.82) is 5.26 Å². The minimum atomic E-state index is -0.416. The Kier molecular flexibility index (Phi) is 5.56. The summed E-state index contributed by atoms with van der Waals surface area (Å²) in [6.45, 7) is 12.1. The van der Waals surface area contributed by atoms with E-state index in [4.69, 9.17) is 0 Å². The van der Waals surface area contributed by atoms with Gasteiger partial charge in [0.2, 0.25) is 0 Å². The molecule has 1 rings (SSSR count). The highest BCUT2D eigenvalue weighted by Gasteiger charge is 2.22. The molecule has 0 saturated heterocycles. The molecule has 0 saturated carbocycles. The molecule has 1 atom stereocenters. The predicted molar refractivity (Wildman–Crippen MR) is 78.0 cm³/mol. The lowest BCUT2D eigenvalue weighted by molar-refractivity contribution is 0.388. The maximum Gasteiger partial charge on any atom is 0.103 e. The van der Waals surface area contributed by atoms with Crippen molar-refractivity contribution in [2.75, 3.05) is 6.54 Å². The topological polar surface area (TPSA) is 53.6 Å². The van der Waals surface area contributed by atoms with Crippen molar-refractivity contribution in [3.8, 4) is 6.07 Å². The van der Waals surface area contributed by atoms with E-state index in [2.05, 4.69) is 41.9 Å². The van der Waals surface area contributed by atoms with Crippen LogP contribution in [-0.4, -0.2) is 21.9 Å². The highest BCUT2D eigenvalue weighted by molar-refractivity contribution is 5.22. The molecule has 0 radical (unpaired) electrons. The number of nitriles is 1. The minimum Gasteiger partial charge on any atom is -0.300 e. The van der Waals surface area contributed by atoms with Gasteiger partial charge in [0.1, 0.15) is 5.54 Å². The van der Waals surface area contributed by atoms with E-state index < -0.39 is 5.54 Å². The van der Waals surface area contributed by atoms with Crippen LogP contribution < -0.4 is 5.32 Å². The fourth-order valence-corrected chi connectivity index (χ4v) is 2.17. The average Bonchev–Trinajstić information content (AvgIpc) is 2.64. The third-order valence-electron chi connectivity index (χ3n) is 3.80. The molecule has 1 aromatic heterocycles. The second-order valence-electron chi connectivity index (χ2n) is 5.49. The van der Waals surface area contributed by atoms with Crippen molar-refractivity contribution in [1.82, 2.24) is 15.1 Å². The van der Waals surface area contributed by atoms with Gasteiger partial charge in [-0.1, -0.05) is 6.92 Å². The summed E-state index contributed by atoms with van der Waals surface area (Å²) < 4.78 is 2.06. The Morgan fingerprint density at radius 3 is 2.53 bits per heavy atom. The summed E-state index contributed by atoms with van der Waals surface area (Å²) in [5.74, 6) is 0. The molecule has 1 N–H and O–H groups in total. The Morgan fingerprint density at radius 2 is 2.05 bits per heavy atom. The first-order chi connectivity index (χ1) is 8.93. The molecular weight excluding hydrogens is 236 g/mol. The van der Waals surface area contributed by atoms with E-state index in [1.165, 1.54) is 11.3 Å². The number of rotatable bonds is 7. The second kappa shape index (κ2) is 6.72. The number of hydrogen-bond donors (Lipinski definition) is 1. The van der Waals surface area contributed by atoms with Crippen molar-refractivity contribution in [3.05, 3.63) is 17.0 Å². The number of aromatic nitrogens is 2. The third kappa shape index (κ3) is 4.07. The molecule has 4 nitrogen and oxygen atoms in total. The van der Waals surface area contributed by atoms with Gasteiger partial charge in [0.25, 0.3) is 0 Å². The number of nitrogens with zero attached hydrogens (tertiary/aromatic N) is 3. The molecule has 0 amide bonds. The first kappa shape index (κ1) is 15.7. The second-order valence-corrected chi connectivity index (χ2v) is 5.49. The van der Waals surface area contributed by atoms with E-state index in [0.717, 1.165) is 38.0 Å². The van der Waals surface area contributed by atoms with Crippen LogP contribution in [0.3, 0.4) is 0 Å². The van der Waals surface area contributed by atoms with Crippen LogP contribution in [0.25, 0.3) is 0 Å². The molecule has 0 aliphatic carbocycles. The van der Waals surface area contributed by atoms with Gasteiger partial charge in [0.05, 0.1) is 11.8 Å². The summed E-state index contributed by atoms with van der Waals surface area (Å²) in [4.78, 5) is 0. The van der Waals surface area contributed by atoms with Gasteiger partial charge < -0.3 is 0 Å². The molecule has 0 bridgehead atoms. The van der Waals surface area contributed by atoms with E-state index in [-0.39, 0.29) is 0 Å². The summed E-state index contributed by atoms with van der Waals surface area (Å²) in [5.41, 5.74) is 3.19. The number of aryl methyl sites for hydroxylation is 2. The minimum absolute atomic E-state index is 0.416. The van der Waals surface area contributed by atoms with E-state index in [1.807, 2.05) is 13.8 Å². The fourth-order valence-electron chi connectivity index (χ4n) is 2.17. The van der Waals surface area contributed by atoms with Gasteiger partial charge >= 0.3 is 0 Å². The fraction of sp³-hybridized carbons (Fsp3) is 0.733. The molecule has 0 aliphatic heterocycles. The van der Waals surface area contributed by atoms with Crippen LogP contribution in [-0.2, 0) is 6.54 Å². The van der Waals surface area contributed by atoms with Gasteiger partial charge in [-0.2, -0.15) is 10.4 Å². The predicted octanol–water partition coefficient (Wildman–Crippen LogP) is 2.87. The lowest BCUT2D eigenvalue weighted by Gasteiger charge is -2.23. The van der Waals surface area contributed by atoms with Gasteiger partial charge in [-0.25, -0.2) is 0 Å². The molecule has 1 unspecified atom stereocenters. The molecule has 0 aliphatic rings. The van der Waals surface area contributed by atoms with Crippen molar-refractivity contribution >= 4 is 0 Å². The molecule has 1 aromatic rings. The Bertz CT molecular complexity index is 455. The third-order valence-corrected chi connectivity index (χ3v) is 3.80. The molecule has 19 heavy (non-hydrogen) atoms. The summed E-state index contributed by atoms with van der Waals surface area (Å²) >= 11 is 0. The largest absolute Gasteiger partial charge is 0.300 e. The van der Waals surface area contributed by atoms with Crippen LogP contribution in [0.1, 0.15) is 50.1 Å². The normalized spacial score (nSPS) is 14.1. The molecule has 4 heteroatoms. The van der Waals surface area contributed by atoms with Gasteiger partial charge in [-0.3, -0.25) is 10.00 Å². The van der Waals surface area contributed by atoms with Gasteiger partial charge in [-0.05, 0) is 59.1 Å². The standard InChI is InChI=1S/C15H26N4/c1-6-9-17-15(5,11-16)8-7-10-19-14(4)12(2)13(3)18-19/h17H,6-10H2,1-5H3. The zero-order valence-electron chi connectivity index (χ0n) is 12.9. The smallest absolute Gasteiger partial charge is 0.103 e. The zero-order valence-corrected chi connectivity index (χ0v) is 12.9. The molecule has 1 heterocycles. The highest BCUT2D eigenvalue weighted by Crippen LogP contribution is 2.15. The molecule has 0 spiro atoms.